The summed E-state index contributed by atoms with van der Waals surface area (Å²) < 4.78 is 10.1. The second-order valence-electron chi connectivity index (χ2n) is 4.47. The van der Waals surface area contributed by atoms with E-state index < -0.39 is 30.5 Å². The van der Waals surface area contributed by atoms with E-state index in [2.05, 4.69) is 15.0 Å². The number of esters is 2. The molecule has 0 saturated heterocycles. The Morgan fingerprint density at radius 2 is 2.13 bits per heavy atom. The summed E-state index contributed by atoms with van der Waals surface area (Å²) in [6.45, 7) is 0.706. The molecule has 0 aliphatic carbocycles. The highest BCUT2D eigenvalue weighted by atomic mass is 32.1. The third-order valence-electron chi connectivity index (χ3n) is 2.79. The van der Waals surface area contributed by atoms with Crippen molar-refractivity contribution in [3.8, 4) is 5.75 Å². The van der Waals surface area contributed by atoms with Gasteiger partial charge in [0.05, 0.1) is 23.9 Å². The predicted molar refractivity (Wildman–Crippen MR) is 81.3 cm³/mol. The van der Waals surface area contributed by atoms with E-state index in [-0.39, 0.29) is 5.01 Å². The fourth-order valence-corrected chi connectivity index (χ4v) is 2.67. The van der Waals surface area contributed by atoms with Crippen molar-refractivity contribution in [2.45, 2.75) is 13.0 Å². The first-order valence-corrected chi connectivity index (χ1v) is 7.34. The third kappa shape index (κ3) is 4.02. The lowest BCUT2D eigenvalue weighted by Crippen LogP contribution is -2.44. The first-order chi connectivity index (χ1) is 10.9. The molecule has 1 amide bonds. The Hall–Kier alpha value is -2.52. The fraction of sp³-hybridized carbons (Fsp3) is 0.286. The Labute approximate surface area is 135 Å². The van der Waals surface area contributed by atoms with Gasteiger partial charge in [-0.05, 0) is 12.1 Å². The fourth-order valence-electron chi connectivity index (χ4n) is 1.77. The molecule has 2 aromatic rings. The predicted octanol–water partition coefficient (Wildman–Crippen LogP) is 0.485. The number of nitrogens with one attached hydrogen (secondary N) is 1. The molecule has 2 rings (SSSR count). The van der Waals surface area contributed by atoms with Crippen LogP contribution in [0.5, 0.6) is 5.75 Å². The molecule has 0 radical (unpaired) electrons. The van der Waals surface area contributed by atoms with Gasteiger partial charge in [0.1, 0.15) is 5.75 Å². The Kier molecular flexibility index (Phi) is 5.24. The molecule has 23 heavy (non-hydrogen) atoms. The quantitative estimate of drug-likeness (QED) is 0.602. The van der Waals surface area contributed by atoms with Crippen LogP contribution < -0.4 is 10.1 Å². The molecular weight excluding hydrogens is 324 g/mol. The molecule has 0 spiro atoms. The zero-order chi connectivity index (χ0) is 17.0. The van der Waals surface area contributed by atoms with Gasteiger partial charge >= 0.3 is 11.9 Å². The number of benzene rings is 1. The van der Waals surface area contributed by atoms with Gasteiger partial charge in [-0.15, -0.1) is 11.3 Å². The standard InChI is InChI=1S/C14H14N2O6S/c1-7(18)22-8-3-4-9-11(5-8)23-13(16-9)12(19)15-10(6-17)14(20)21-2/h3-5,10,17H,6H2,1-2H3,(H,15,19). The van der Waals surface area contributed by atoms with Crippen molar-refractivity contribution in [3.05, 3.63) is 23.2 Å². The smallest absolute Gasteiger partial charge is 0.330 e. The summed E-state index contributed by atoms with van der Waals surface area (Å²) >= 11 is 1.07. The number of hydrogen-bond acceptors (Lipinski definition) is 8. The van der Waals surface area contributed by atoms with Crippen LogP contribution in [0.4, 0.5) is 0 Å². The second-order valence-corrected chi connectivity index (χ2v) is 5.50. The number of methoxy groups -OCH3 is 1. The number of aliphatic hydroxyl groups is 1. The van der Waals surface area contributed by atoms with Crippen molar-refractivity contribution < 1.29 is 29.0 Å². The highest BCUT2D eigenvalue weighted by Crippen LogP contribution is 2.26. The maximum Gasteiger partial charge on any atom is 0.330 e. The molecule has 1 atom stereocenters. The number of aromatic nitrogens is 1. The van der Waals surface area contributed by atoms with Gasteiger partial charge in [-0.1, -0.05) is 0 Å². The van der Waals surface area contributed by atoms with E-state index in [1.807, 2.05) is 0 Å². The molecule has 1 aromatic heterocycles. The van der Waals surface area contributed by atoms with E-state index in [0.29, 0.717) is 16.0 Å². The summed E-state index contributed by atoms with van der Waals surface area (Å²) in [5, 5.41) is 11.6. The molecule has 1 unspecified atom stereocenters. The zero-order valence-electron chi connectivity index (χ0n) is 12.4. The summed E-state index contributed by atoms with van der Waals surface area (Å²) in [4.78, 5) is 38.5. The first kappa shape index (κ1) is 16.8. The van der Waals surface area contributed by atoms with Crippen LogP contribution in [0.1, 0.15) is 16.7 Å². The van der Waals surface area contributed by atoms with Crippen LogP contribution in [0, 0.1) is 0 Å². The molecule has 1 aromatic carbocycles. The lowest BCUT2D eigenvalue weighted by atomic mass is 10.3. The molecule has 122 valence electrons. The lowest BCUT2D eigenvalue weighted by molar-refractivity contribution is -0.143. The normalized spacial score (nSPS) is 11.8. The average Bonchev–Trinajstić information content (AvgIpc) is 2.94. The molecule has 0 fully saturated rings. The summed E-state index contributed by atoms with van der Waals surface area (Å²) in [7, 11) is 1.16. The minimum Gasteiger partial charge on any atom is -0.467 e. The van der Waals surface area contributed by atoms with E-state index in [1.54, 1.807) is 18.2 Å². The Morgan fingerprint density at radius 3 is 2.74 bits per heavy atom. The number of hydrogen-bond donors (Lipinski definition) is 2. The van der Waals surface area contributed by atoms with Crippen molar-refractivity contribution >= 4 is 39.4 Å². The molecule has 0 saturated carbocycles. The van der Waals surface area contributed by atoms with E-state index in [9.17, 15) is 14.4 Å². The number of thiazole rings is 1. The maximum atomic E-state index is 12.1. The Morgan fingerprint density at radius 1 is 1.39 bits per heavy atom. The highest BCUT2D eigenvalue weighted by molar-refractivity contribution is 7.20. The number of ether oxygens (including phenoxy) is 2. The van der Waals surface area contributed by atoms with Crippen molar-refractivity contribution in [2.24, 2.45) is 0 Å². The van der Waals surface area contributed by atoms with Gasteiger partial charge in [0.25, 0.3) is 5.91 Å². The number of carbonyl (C=O) groups excluding carboxylic acids is 3. The monoisotopic (exact) mass is 338 g/mol. The average molecular weight is 338 g/mol. The van der Waals surface area contributed by atoms with Crippen molar-refractivity contribution in [2.75, 3.05) is 13.7 Å². The molecule has 2 N–H and O–H groups in total. The lowest BCUT2D eigenvalue weighted by Gasteiger charge is -2.12. The van der Waals surface area contributed by atoms with Crippen LogP contribution >= 0.6 is 11.3 Å². The van der Waals surface area contributed by atoms with Gasteiger partial charge in [-0.25, -0.2) is 9.78 Å². The van der Waals surface area contributed by atoms with Crippen LogP contribution in [0.2, 0.25) is 0 Å². The second kappa shape index (κ2) is 7.16. The van der Waals surface area contributed by atoms with Crippen molar-refractivity contribution in [3.63, 3.8) is 0 Å². The molecule has 0 bridgehead atoms. The van der Waals surface area contributed by atoms with Gasteiger partial charge in [-0.2, -0.15) is 0 Å². The number of rotatable bonds is 5. The van der Waals surface area contributed by atoms with Crippen molar-refractivity contribution in [1.82, 2.24) is 10.3 Å². The Bertz CT molecular complexity index is 757. The van der Waals surface area contributed by atoms with Crippen LogP contribution in [-0.4, -0.2) is 47.7 Å². The summed E-state index contributed by atoms with van der Waals surface area (Å²) in [5.74, 6) is -1.46. The molecule has 8 nitrogen and oxygen atoms in total. The van der Waals surface area contributed by atoms with Crippen LogP contribution in [0.3, 0.4) is 0 Å². The van der Waals surface area contributed by atoms with Gasteiger partial charge in [0.2, 0.25) is 0 Å². The van der Waals surface area contributed by atoms with Gasteiger partial charge in [0, 0.05) is 13.0 Å². The minimum atomic E-state index is -1.16. The van der Waals surface area contributed by atoms with E-state index >= 15 is 0 Å². The number of nitrogens with zero attached hydrogens (tertiary/aromatic N) is 1. The van der Waals surface area contributed by atoms with E-state index in [4.69, 9.17) is 9.84 Å². The molecule has 9 heteroatoms. The third-order valence-corrected chi connectivity index (χ3v) is 3.81. The van der Waals surface area contributed by atoms with E-state index in [0.717, 1.165) is 18.4 Å². The molecular formula is C14H14N2O6S. The number of amides is 1. The van der Waals surface area contributed by atoms with Gasteiger partial charge in [-0.3, -0.25) is 9.59 Å². The SMILES string of the molecule is COC(=O)C(CO)NC(=O)c1nc2ccc(OC(C)=O)cc2s1. The van der Waals surface area contributed by atoms with Crippen molar-refractivity contribution in [1.29, 1.82) is 0 Å². The molecule has 0 aliphatic heterocycles. The largest absolute Gasteiger partial charge is 0.467 e. The topological polar surface area (TPSA) is 115 Å². The summed E-state index contributed by atoms with van der Waals surface area (Å²) in [6, 6.07) is 3.62. The minimum absolute atomic E-state index is 0.113. The van der Waals surface area contributed by atoms with Gasteiger partial charge < -0.3 is 19.9 Å². The van der Waals surface area contributed by atoms with Crippen LogP contribution in [0.15, 0.2) is 18.2 Å². The molecule has 1 heterocycles. The Balaban J connectivity index is 2.20. The maximum absolute atomic E-state index is 12.1. The summed E-state index contributed by atoms with van der Waals surface area (Å²) in [6.07, 6.45) is 0. The zero-order valence-corrected chi connectivity index (χ0v) is 13.2. The molecule has 0 aliphatic rings. The number of fused-ring (bicyclic) bond motifs is 1. The van der Waals surface area contributed by atoms with Crippen LogP contribution in [-0.2, 0) is 14.3 Å². The first-order valence-electron chi connectivity index (χ1n) is 6.53. The highest BCUT2D eigenvalue weighted by Gasteiger charge is 2.23. The van der Waals surface area contributed by atoms with Crippen LogP contribution in [0.25, 0.3) is 10.2 Å². The summed E-state index contributed by atoms with van der Waals surface area (Å²) in [5.41, 5.74) is 0.551. The van der Waals surface area contributed by atoms with Gasteiger partial charge in [0.15, 0.2) is 11.0 Å². The number of carbonyl (C=O) groups is 3. The van der Waals surface area contributed by atoms with E-state index in [1.165, 1.54) is 6.92 Å². The number of aliphatic hydroxyl groups excluding tert-OH is 1.